The molecule has 1 aliphatic rings. The quantitative estimate of drug-likeness (QED) is 0.101. The van der Waals surface area contributed by atoms with Crippen molar-refractivity contribution in [1.29, 1.82) is 0 Å². The van der Waals surface area contributed by atoms with Crippen molar-refractivity contribution in [2.45, 2.75) is 36.7 Å². The highest BCUT2D eigenvalue weighted by Gasteiger charge is 2.51. The molecule has 0 fully saturated rings. The first-order valence-corrected chi connectivity index (χ1v) is 16.1. The van der Waals surface area contributed by atoms with Gasteiger partial charge >= 0.3 is 6.18 Å². The van der Waals surface area contributed by atoms with Crippen LogP contribution in [0.4, 0.5) is 17.6 Å². The number of hydrogen-bond donors (Lipinski definition) is 1. The van der Waals surface area contributed by atoms with Crippen LogP contribution >= 0.6 is 0 Å². The second-order valence-corrected chi connectivity index (χ2v) is 12.1. The Balaban J connectivity index is 1.51. The Morgan fingerprint density at radius 2 is 1.31 bits per heavy atom. The van der Waals surface area contributed by atoms with E-state index in [-0.39, 0.29) is 11.4 Å². The molecule has 1 aliphatic heterocycles. The minimum absolute atomic E-state index is 0.0917. The van der Waals surface area contributed by atoms with Gasteiger partial charge in [-0.05, 0) is 72.0 Å². The van der Waals surface area contributed by atoms with Crippen molar-refractivity contribution in [3.05, 3.63) is 149 Å². The van der Waals surface area contributed by atoms with Gasteiger partial charge in [-0.15, -0.1) is 0 Å². The Morgan fingerprint density at radius 1 is 0.750 bits per heavy atom. The van der Waals surface area contributed by atoms with Crippen LogP contribution in [0.25, 0.3) is 0 Å². The maximum atomic E-state index is 15.8. The summed E-state index contributed by atoms with van der Waals surface area (Å²) in [6.45, 7) is 1.45. The predicted molar refractivity (Wildman–Crippen MR) is 187 cm³/mol. The van der Waals surface area contributed by atoms with Gasteiger partial charge in [0.05, 0.1) is 39.3 Å². The largest absolute Gasteiger partial charge is 0.497 e. The molecule has 0 unspecified atom stereocenters. The van der Waals surface area contributed by atoms with Crippen molar-refractivity contribution in [3.63, 3.8) is 0 Å². The number of nitrogens with zero attached hydrogens (tertiary/aromatic N) is 3. The van der Waals surface area contributed by atoms with E-state index in [0.717, 1.165) is 6.07 Å². The van der Waals surface area contributed by atoms with Crippen LogP contribution in [-0.2, 0) is 15.8 Å². The average molecular weight is 711 g/mol. The number of amidine groups is 1. The molecule has 0 radical (unpaired) electrons. The molecule has 6 rings (SSSR count). The average Bonchev–Trinajstić information content (AvgIpc) is 3.16. The standard InChI is InChI=1S/C40H34F4N4O4/c1-38(33-22-26(10-20-34(33)41)11-21-36-45-24-32(51-4)25-46-36)23-35(40(42,43)44)52-37(47-38)48-39(27-8-6-5-7-9-27,28-12-16-30(49-2)17-13-28)29-14-18-31(50-3)19-15-29/h5-10,12-20,22,24-25,35H,23H2,1-4H3,(H,47,48)/t35-,38-/m0/s1. The summed E-state index contributed by atoms with van der Waals surface area (Å²) in [5.74, 6) is 6.70. The highest BCUT2D eigenvalue weighted by Crippen LogP contribution is 2.44. The molecular weight excluding hydrogens is 676 g/mol. The van der Waals surface area contributed by atoms with Crippen LogP contribution in [0.15, 0.2) is 114 Å². The summed E-state index contributed by atoms with van der Waals surface area (Å²) in [5.41, 5.74) is -0.944. The van der Waals surface area contributed by atoms with Crippen molar-refractivity contribution < 1.29 is 36.5 Å². The fourth-order valence-corrected chi connectivity index (χ4v) is 6.12. The van der Waals surface area contributed by atoms with E-state index in [1.165, 1.54) is 52.8 Å². The molecule has 0 amide bonds. The lowest BCUT2D eigenvalue weighted by atomic mass is 9.77. The summed E-state index contributed by atoms with van der Waals surface area (Å²) in [4.78, 5) is 13.0. The number of methoxy groups -OCH3 is 3. The fourth-order valence-electron chi connectivity index (χ4n) is 6.12. The number of aliphatic imine (C=N–C) groups is 1. The maximum absolute atomic E-state index is 15.8. The first kappa shape index (κ1) is 35.7. The Bertz CT molecular complexity index is 2050. The van der Waals surface area contributed by atoms with Crippen molar-refractivity contribution in [2.24, 2.45) is 4.99 Å². The van der Waals surface area contributed by atoms with Crippen LogP contribution in [0.5, 0.6) is 17.2 Å². The second-order valence-electron chi connectivity index (χ2n) is 12.1. The fraction of sp³-hybridized carbons (Fsp3) is 0.225. The minimum Gasteiger partial charge on any atom is -0.497 e. The zero-order chi connectivity index (χ0) is 36.9. The van der Waals surface area contributed by atoms with Gasteiger partial charge in [-0.1, -0.05) is 60.5 Å². The molecule has 0 aliphatic carbocycles. The number of ether oxygens (including phenoxy) is 4. The molecule has 5 aromatic rings. The van der Waals surface area contributed by atoms with Crippen molar-refractivity contribution in [1.82, 2.24) is 15.3 Å². The van der Waals surface area contributed by atoms with Gasteiger partial charge in [0.15, 0.2) is 11.9 Å². The summed E-state index contributed by atoms with van der Waals surface area (Å²) >= 11 is 0. The molecular formula is C40H34F4N4O4. The van der Waals surface area contributed by atoms with Crippen LogP contribution < -0.4 is 19.5 Å². The summed E-state index contributed by atoms with van der Waals surface area (Å²) in [6, 6.07) is 27.0. The third-order valence-corrected chi connectivity index (χ3v) is 8.83. The Hall–Kier alpha value is -6.09. The number of rotatable bonds is 8. The van der Waals surface area contributed by atoms with E-state index in [4.69, 9.17) is 23.9 Å². The molecule has 0 bridgehead atoms. The van der Waals surface area contributed by atoms with Crippen molar-refractivity contribution in [3.8, 4) is 29.1 Å². The van der Waals surface area contributed by atoms with Gasteiger partial charge in [0.2, 0.25) is 5.82 Å². The Morgan fingerprint density at radius 3 is 1.85 bits per heavy atom. The molecule has 0 spiro atoms. The molecule has 8 nitrogen and oxygen atoms in total. The second kappa shape index (κ2) is 14.6. The Labute approximate surface area is 298 Å². The number of aromatic nitrogens is 2. The van der Waals surface area contributed by atoms with Crippen LogP contribution in [0.1, 0.15) is 47.0 Å². The molecule has 52 heavy (non-hydrogen) atoms. The number of hydrogen-bond acceptors (Lipinski definition) is 8. The van der Waals surface area contributed by atoms with E-state index in [0.29, 0.717) is 39.5 Å². The van der Waals surface area contributed by atoms with E-state index in [2.05, 4.69) is 27.1 Å². The Kier molecular flexibility index (Phi) is 10.1. The number of benzene rings is 4. The van der Waals surface area contributed by atoms with E-state index in [1.54, 1.807) is 48.5 Å². The number of halogens is 4. The number of alkyl halides is 3. The van der Waals surface area contributed by atoms with Gasteiger partial charge in [0.1, 0.15) is 22.9 Å². The van der Waals surface area contributed by atoms with Crippen LogP contribution in [0.2, 0.25) is 0 Å². The summed E-state index contributed by atoms with van der Waals surface area (Å²) in [6.07, 6.45) is -4.95. The van der Waals surface area contributed by atoms with Crippen molar-refractivity contribution >= 4 is 6.02 Å². The van der Waals surface area contributed by atoms with Gasteiger partial charge in [-0.25, -0.2) is 19.4 Å². The smallest absolute Gasteiger partial charge is 0.425 e. The lowest BCUT2D eigenvalue weighted by Crippen LogP contribution is -2.54. The molecule has 2 heterocycles. The van der Waals surface area contributed by atoms with Gasteiger partial charge < -0.3 is 24.3 Å². The first-order valence-electron chi connectivity index (χ1n) is 16.1. The monoisotopic (exact) mass is 710 g/mol. The van der Waals surface area contributed by atoms with Gasteiger partial charge in [0, 0.05) is 17.5 Å². The van der Waals surface area contributed by atoms with Crippen LogP contribution in [0, 0.1) is 17.7 Å². The molecule has 1 aromatic heterocycles. The van der Waals surface area contributed by atoms with Gasteiger partial charge in [-0.2, -0.15) is 13.2 Å². The van der Waals surface area contributed by atoms with Crippen LogP contribution in [0.3, 0.4) is 0 Å². The number of nitrogens with one attached hydrogen (secondary N) is 1. The molecule has 0 saturated carbocycles. The molecule has 12 heteroatoms. The zero-order valence-corrected chi connectivity index (χ0v) is 28.7. The minimum atomic E-state index is -4.82. The molecule has 4 aromatic carbocycles. The van der Waals surface area contributed by atoms with Gasteiger partial charge in [-0.3, -0.25) is 0 Å². The van der Waals surface area contributed by atoms with Crippen LogP contribution in [-0.4, -0.2) is 49.6 Å². The van der Waals surface area contributed by atoms with E-state index >= 15 is 4.39 Å². The zero-order valence-electron chi connectivity index (χ0n) is 28.7. The lowest BCUT2D eigenvalue weighted by molar-refractivity contribution is -0.209. The third kappa shape index (κ3) is 7.35. The summed E-state index contributed by atoms with van der Waals surface area (Å²) < 4.78 is 81.4. The molecule has 0 saturated heterocycles. The molecule has 266 valence electrons. The van der Waals surface area contributed by atoms with Gasteiger partial charge in [0.25, 0.3) is 6.02 Å². The normalized spacial score (nSPS) is 17.2. The summed E-state index contributed by atoms with van der Waals surface area (Å²) in [7, 11) is 4.56. The SMILES string of the molecule is COc1ccc(C(NC2=N[C@](C)(c3cc(C#Cc4ncc(OC)cn4)ccc3F)C[C@@H](C(F)(F)F)O2)(c2ccccc2)c2ccc(OC)cc2)cc1. The van der Waals surface area contributed by atoms with E-state index < -0.39 is 41.6 Å². The highest BCUT2D eigenvalue weighted by molar-refractivity contribution is 5.79. The van der Waals surface area contributed by atoms with E-state index in [9.17, 15) is 13.2 Å². The molecule has 2 atom stereocenters. The highest BCUT2D eigenvalue weighted by atomic mass is 19.4. The summed E-state index contributed by atoms with van der Waals surface area (Å²) in [5, 5.41) is 3.28. The molecule has 1 N–H and O–H groups in total. The predicted octanol–water partition coefficient (Wildman–Crippen LogP) is 7.55. The topological polar surface area (TPSA) is 87.1 Å². The maximum Gasteiger partial charge on any atom is 0.425 e. The first-order chi connectivity index (χ1) is 25.0. The lowest BCUT2D eigenvalue weighted by Gasteiger charge is -2.42. The third-order valence-electron chi connectivity index (χ3n) is 8.83. The van der Waals surface area contributed by atoms with E-state index in [1.807, 2.05) is 30.3 Å². The van der Waals surface area contributed by atoms with Crippen molar-refractivity contribution in [2.75, 3.05) is 21.3 Å².